The molecule has 0 unspecified atom stereocenters. The first-order chi connectivity index (χ1) is 11.1. The van der Waals surface area contributed by atoms with Crippen LogP contribution >= 0.6 is 11.3 Å². The van der Waals surface area contributed by atoms with E-state index in [4.69, 9.17) is 9.84 Å². The predicted octanol–water partition coefficient (Wildman–Crippen LogP) is 3.26. The van der Waals surface area contributed by atoms with Crippen molar-refractivity contribution in [3.05, 3.63) is 52.2 Å². The van der Waals surface area contributed by atoms with E-state index in [1.165, 1.54) is 11.3 Å². The van der Waals surface area contributed by atoms with Gasteiger partial charge in [-0.05, 0) is 12.0 Å². The van der Waals surface area contributed by atoms with Crippen molar-refractivity contribution in [1.82, 2.24) is 4.90 Å². The Balaban J connectivity index is 2.10. The largest absolute Gasteiger partial charge is 0.496 e. The number of aliphatic carboxylic acids is 1. The van der Waals surface area contributed by atoms with Gasteiger partial charge in [-0.3, -0.25) is 9.59 Å². The molecule has 0 bridgehead atoms. The monoisotopic (exact) mass is 333 g/mol. The van der Waals surface area contributed by atoms with E-state index in [-0.39, 0.29) is 12.3 Å². The van der Waals surface area contributed by atoms with E-state index in [2.05, 4.69) is 0 Å². The molecule has 0 atom stereocenters. The minimum atomic E-state index is -0.852. The van der Waals surface area contributed by atoms with Crippen molar-refractivity contribution in [3.8, 4) is 5.75 Å². The van der Waals surface area contributed by atoms with Crippen molar-refractivity contribution in [2.24, 2.45) is 0 Å². The summed E-state index contributed by atoms with van der Waals surface area (Å²) in [5.41, 5.74) is 1.01. The molecule has 23 heavy (non-hydrogen) atoms. The summed E-state index contributed by atoms with van der Waals surface area (Å²) < 4.78 is 5.12. The Morgan fingerprint density at radius 2 is 2.00 bits per heavy atom. The second kappa shape index (κ2) is 8.33. The van der Waals surface area contributed by atoms with Crippen LogP contribution in [0.4, 0.5) is 0 Å². The molecule has 1 heterocycles. The zero-order chi connectivity index (χ0) is 16.7. The molecule has 2 rings (SSSR count). The molecular weight excluding hydrogens is 314 g/mol. The molecule has 0 fully saturated rings. The molecule has 0 spiro atoms. The Bertz CT molecular complexity index is 654. The number of carboxylic acids is 1. The first-order valence-corrected chi connectivity index (χ1v) is 8.15. The van der Waals surface area contributed by atoms with Gasteiger partial charge in [-0.15, -0.1) is 11.3 Å². The Kier molecular flexibility index (Phi) is 6.17. The maximum atomic E-state index is 12.7. The number of carboxylic acid groups (broad SMARTS) is 1. The van der Waals surface area contributed by atoms with Gasteiger partial charge >= 0.3 is 5.97 Å². The molecule has 0 saturated carbocycles. The molecule has 5 nitrogen and oxygen atoms in total. The van der Waals surface area contributed by atoms with Gasteiger partial charge in [0.05, 0.1) is 12.0 Å². The second-order valence-electron chi connectivity index (χ2n) is 5.06. The maximum Gasteiger partial charge on any atom is 0.303 e. The van der Waals surface area contributed by atoms with Gasteiger partial charge in [0.25, 0.3) is 5.91 Å². The summed E-state index contributed by atoms with van der Waals surface area (Å²) in [7, 11) is 1.56. The van der Waals surface area contributed by atoms with Crippen LogP contribution in [0.5, 0.6) is 5.75 Å². The van der Waals surface area contributed by atoms with Crippen LogP contribution in [0.2, 0.25) is 0 Å². The van der Waals surface area contributed by atoms with Crippen LogP contribution in [0.1, 0.15) is 28.1 Å². The zero-order valence-electron chi connectivity index (χ0n) is 12.9. The van der Waals surface area contributed by atoms with Gasteiger partial charge in [0.15, 0.2) is 0 Å². The molecule has 0 aliphatic heterocycles. The maximum absolute atomic E-state index is 12.7. The second-order valence-corrected chi connectivity index (χ2v) is 5.97. The van der Waals surface area contributed by atoms with Gasteiger partial charge < -0.3 is 14.7 Å². The minimum Gasteiger partial charge on any atom is -0.496 e. The third-order valence-corrected chi connectivity index (χ3v) is 4.24. The number of thiophene rings is 1. The highest BCUT2D eigenvalue weighted by Gasteiger charge is 2.18. The summed E-state index contributed by atoms with van der Waals surface area (Å²) in [6, 6.07) is 11.4. The molecule has 1 amide bonds. The Labute approximate surface area is 139 Å². The fourth-order valence-electron chi connectivity index (χ4n) is 2.17. The van der Waals surface area contributed by atoms with Crippen LogP contribution in [0.3, 0.4) is 0 Å². The van der Waals surface area contributed by atoms with Crippen molar-refractivity contribution >= 4 is 23.2 Å². The molecule has 122 valence electrons. The number of rotatable bonds is 8. The fourth-order valence-corrected chi connectivity index (χ4v) is 2.99. The lowest BCUT2D eigenvalue weighted by molar-refractivity contribution is -0.137. The van der Waals surface area contributed by atoms with Crippen molar-refractivity contribution in [2.75, 3.05) is 13.7 Å². The molecule has 0 aliphatic rings. The summed E-state index contributed by atoms with van der Waals surface area (Å²) in [6.45, 7) is 0.861. The molecular formula is C17H19NO4S. The molecule has 1 aromatic heterocycles. The van der Waals surface area contributed by atoms with Gasteiger partial charge in [0.1, 0.15) is 5.75 Å². The fraction of sp³-hybridized carbons (Fsp3) is 0.294. The third kappa shape index (κ3) is 5.10. The van der Waals surface area contributed by atoms with E-state index in [0.29, 0.717) is 30.1 Å². The quantitative estimate of drug-likeness (QED) is 0.805. The highest BCUT2D eigenvalue weighted by atomic mass is 32.1. The molecule has 1 aromatic carbocycles. The molecule has 2 aromatic rings. The molecule has 0 aliphatic carbocycles. The van der Waals surface area contributed by atoms with E-state index >= 15 is 0 Å². The number of nitrogens with zero attached hydrogens (tertiary/aromatic N) is 1. The smallest absolute Gasteiger partial charge is 0.303 e. The van der Waals surface area contributed by atoms with Crippen LogP contribution in [0.15, 0.2) is 41.8 Å². The Morgan fingerprint density at radius 1 is 1.26 bits per heavy atom. The standard InChI is InChI=1S/C17H19NO4S/c1-22-14-10-15(23-12-14)17(21)18(9-5-8-16(19)20)11-13-6-3-2-4-7-13/h2-4,6-7,10,12H,5,8-9,11H2,1H3,(H,19,20). The summed E-state index contributed by atoms with van der Waals surface area (Å²) in [6.07, 6.45) is 0.475. The van der Waals surface area contributed by atoms with Crippen LogP contribution in [-0.4, -0.2) is 35.5 Å². The highest BCUT2D eigenvalue weighted by molar-refractivity contribution is 7.12. The van der Waals surface area contributed by atoms with Gasteiger partial charge in [0, 0.05) is 31.0 Å². The molecule has 0 saturated heterocycles. The summed E-state index contributed by atoms with van der Waals surface area (Å²) in [5, 5.41) is 10.6. The number of hydrogen-bond acceptors (Lipinski definition) is 4. The number of hydrogen-bond donors (Lipinski definition) is 1. The number of amides is 1. The average molecular weight is 333 g/mol. The Hall–Kier alpha value is -2.34. The average Bonchev–Trinajstić information content (AvgIpc) is 3.03. The van der Waals surface area contributed by atoms with Crippen molar-refractivity contribution in [2.45, 2.75) is 19.4 Å². The van der Waals surface area contributed by atoms with Gasteiger partial charge in [-0.2, -0.15) is 0 Å². The minimum absolute atomic E-state index is 0.0479. The SMILES string of the molecule is COc1csc(C(=O)N(CCCC(=O)O)Cc2ccccc2)c1. The van der Waals surface area contributed by atoms with E-state index in [1.54, 1.807) is 23.5 Å². The summed E-state index contributed by atoms with van der Waals surface area (Å²) in [4.78, 5) is 25.7. The van der Waals surface area contributed by atoms with Crippen LogP contribution in [0.25, 0.3) is 0 Å². The van der Waals surface area contributed by atoms with E-state index in [1.807, 2.05) is 30.3 Å². The van der Waals surface area contributed by atoms with E-state index in [9.17, 15) is 9.59 Å². The summed E-state index contributed by atoms with van der Waals surface area (Å²) >= 11 is 1.33. The predicted molar refractivity (Wildman–Crippen MR) is 88.9 cm³/mol. The lowest BCUT2D eigenvalue weighted by Crippen LogP contribution is -2.31. The van der Waals surface area contributed by atoms with Gasteiger partial charge in [0.2, 0.25) is 0 Å². The number of benzene rings is 1. The number of ether oxygens (including phenoxy) is 1. The number of carbonyl (C=O) groups excluding carboxylic acids is 1. The summed E-state index contributed by atoms with van der Waals surface area (Å²) in [5.74, 6) is -0.300. The molecule has 0 radical (unpaired) electrons. The van der Waals surface area contributed by atoms with Crippen molar-refractivity contribution in [3.63, 3.8) is 0 Å². The van der Waals surface area contributed by atoms with Crippen molar-refractivity contribution < 1.29 is 19.4 Å². The zero-order valence-corrected chi connectivity index (χ0v) is 13.7. The number of methoxy groups -OCH3 is 1. The van der Waals surface area contributed by atoms with Gasteiger partial charge in [-0.1, -0.05) is 30.3 Å². The molecule has 6 heteroatoms. The molecule has 1 N–H and O–H groups in total. The normalized spacial score (nSPS) is 10.3. The van der Waals surface area contributed by atoms with Crippen molar-refractivity contribution in [1.29, 1.82) is 0 Å². The highest BCUT2D eigenvalue weighted by Crippen LogP contribution is 2.23. The third-order valence-electron chi connectivity index (χ3n) is 3.34. The van der Waals surface area contributed by atoms with Gasteiger partial charge in [-0.25, -0.2) is 0 Å². The topological polar surface area (TPSA) is 66.8 Å². The van der Waals surface area contributed by atoms with E-state index in [0.717, 1.165) is 5.56 Å². The van der Waals surface area contributed by atoms with Crippen LogP contribution in [0, 0.1) is 0 Å². The van der Waals surface area contributed by atoms with Crippen LogP contribution in [-0.2, 0) is 11.3 Å². The van der Waals surface area contributed by atoms with E-state index < -0.39 is 5.97 Å². The number of carbonyl (C=O) groups is 2. The van der Waals surface area contributed by atoms with Crippen LogP contribution < -0.4 is 4.74 Å². The first-order valence-electron chi connectivity index (χ1n) is 7.27. The Morgan fingerprint density at radius 3 is 2.61 bits per heavy atom. The lowest BCUT2D eigenvalue weighted by Gasteiger charge is -2.22. The first kappa shape index (κ1) is 17.0. The lowest BCUT2D eigenvalue weighted by atomic mass is 10.2.